The smallest absolute Gasteiger partial charge is 0.0637 e. The molecule has 0 aliphatic rings. The SMILES string of the molecule is Cc1ccc(C(C)(N)c2ccc(Cl)cc2)cc1C. The van der Waals surface area contributed by atoms with Crippen LogP contribution in [0.3, 0.4) is 0 Å². The first-order chi connectivity index (χ1) is 8.41. The van der Waals surface area contributed by atoms with E-state index < -0.39 is 5.54 Å². The third-order valence-corrected chi connectivity index (χ3v) is 3.80. The summed E-state index contributed by atoms with van der Waals surface area (Å²) in [4.78, 5) is 0. The molecule has 0 amide bonds. The standard InChI is InChI=1S/C16H18ClN/c1-11-4-5-14(10-12(11)2)16(3,18)13-6-8-15(17)9-7-13/h4-10H,18H2,1-3H3. The molecule has 0 saturated carbocycles. The molecule has 94 valence electrons. The summed E-state index contributed by atoms with van der Waals surface area (Å²) < 4.78 is 0. The van der Waals surface area contributed by atoms with E-state index >= 15 is 0 Å². The second-order valence-corrected chi connectivity index (χ2v) is 5.44. The molecule has 0 aromatic heterocycles. The van der Waals surface area contributed by atoms with Gasteiger partial charge in [0.15, 0.2) is 0 Å². The highest BCUT2D eigenvalue weighted by atomic mass is 35.5. The predicted octanol–water partition coefficient (Wildman–Crippen LogP) is 4.18. The predicted molar refractivity (Wildman–Crippen MR) is 78.0 cm³/mol. The van der Waals surface area contributed by atoms with Crippen LogP contribution in [0.25, 0.3) is 0 Å². The second-order valence-electron chi connectivity index (χ2n) is 5.01. The number of halogens is 1. The molecule has 0 saturated heterocycles. The molecular formula is C16H18ClN. The minimum Gasteiger partial charge on any atom is -0.318 e. The quantitative estimate of drug-likeness (QED) is 0.860. The third kappa shape index (κ3) is 2.43. The van der Waals surface area contributed by atoms with Crippen molar-refractivity contribution in [3.8, 4) is 0 Å². The highest BCUT2D eigenvalue weighted by molar-refractivity contribution is 6.30. The van der Waals surface area contributed by atoms with E-state index in [0.29, 0.717) is 0 Å². The summed E-state index contributed by atoms with van der Waals surface area (Å²) in [6.07, 6.45) is 0. The molecule has 18 heavy (non-hydrogen) atoms. The molecule has 0 spiro atoms. The fraction of sp³-hybridized carbons (Fsp3) is 0.250. The Morgan fingerprint density at radius 2 is 1.44 bits per heavy atom. The minimum atomic E-state index is -0.497. The molecule has 0 radical (unpaired) electrons. The van der Waals surface area contributed by atoms with Crippen molar-refractivity contribution in [3.05, 3.63) is 69.7 Å². The van der Waals surface area contributed by atoms with Gasteiger partial charge in [0, 0.05) is 5.02 Å². The van der Waals surface area contributed by atoms with E-state index in [1.165, 1.54) is 11.1 Å². The number of hydrogen-bond donors (Lipinski definition) is 1. The zero-order valence-electron chi connectivity index (χ0n) is 11.0. The van der Waals surface area contributed by atoms with Crippen LogP contribution in [0.1, 0.15) is 29.2 Å². The minimum absolute atomic E-state index is 0.497. The zero-order valence-corrected chi connectivity index (χ0v) is 11.8. The second kappa shape index (κ2) is 4.75. The van der Waals surface area contributed by atoms with Crippen LogP contribution in [0.5, 0.6) is 0 Å². The normalized spacial score (nSPS) is 14.3. The van der Waals surface area contributed by atoms with Crippen LogP contribution in [0.4, 0.5) is 0 Å². The van der Waals surface area contributed by atoms with Gasteiger partial charge in [0.1, 0.15) is 0 Å². The Morgan fingerprint density at radius 3 is 2.00 bits per heavy atom. The molecule has 0 aliphatic heterocycles. The first kappa shape index (κ1) is 13.1. The highest BCUT2D eigenvalue weighted by Gasteiger charge is 2.23. The van der Waals surface area contributed by atoms with Gasteiger partial charge in [-0.3, -0.25) is 0 Å². The molecule has 0 fully saturated rings. The van der Waals surface area contributed by atoms with Gasteiger partial charge in [0.25, 0.3) is 0 Å². The Labute approximate surface area is 114 Å². The van der Waals surface area contributed by atoms with Gasteiger partial charge in [-0.05, 0) is 55.2 Å². The van der Waals surface area contributed by atoms with Crippen molar-refractivity contribution in [2.75, 3.05) is 0 Å². The van der Waals surface area contributed by atoms with Gasteiger partial charge in [-0.15, -0.1) is 0 Å². The monoisotopic (exact) mass is 259 g/mol. The number of hydrogen-bond acceptors (Lipinski definition) is 1. The lowest BCUT2D eigenvalue weighted by Gasteiger charge is -2.26. The van der Waals surface area contributed by atoms with Gasteiger partial charge < -0.3 is 5.73 Å². The van der Waals surface area contributed by atoms with E-state index in [2.05, 4.69) is 32.0 Å². The van der Waals surface area contributed by atoms with Crippen LogP contribution < -0.4 is 5.73 Å². The van der Waals surface area contributed by atoms with Gasteiger partial charge in [-0.1, -0.05) is 41.9 Å². The number of rotatable bonds is 2. The van der Waals surface area contributed by atoms with Crippen LogP contribution in [0.2, 0.25) is 5.02 Å². The van der Waals surface area contributed by atoms with Gasteiger partial charge in [0.05, 0.1) is 5.54 Å². The van der Waals surface area contributed by atoms with Crippen molar-refractivity contribution >= 4 is 11.6 Å². The van der Waals surface area contributed by atoms with Crippen LogP contribution in [0, 0.1) is 13.8 Å². The maximum Gasteiger partial charge on any atom is 0.0637 e. The van der Waals surface area contributed by atoms with E-state index in [4.69, 9.17) is 17.3 Å². The maximum atomic E-state index is 6.49. The Bertz CT molecular complexity index is 556. The summed E-state index contributed by atoms with van der Waals surface area (Å²) in [7, 11) is 0. The molecule has 1 nitrogen and oxygen atoms in total. The molecule has 2 heteroatoms. The number of nitrogens with two attached hydrogens (primary N) is 1. The lowest BCUT2D eigenvalue weighted by molar-refractivity contribution is 0.602. The molecule has 2 aromatic rings. The third-order valence-electron chi connectivity index (χ3n) is 3.55. The molecule has 2 N–H and O–H groups in total. The maximum absolute atomic E-state index is 6.49. The van der Waals surface area contributed by atoms with E-state index in [-0.39, 0.29) is 0 Å². The van der Waals surface area contributed by atoms with Crippen molar-refractivity contribution in [3.63, 3.8) is 0 Å². The fourth-order valence-electron chi connectivity index (χ4n) is 2.03. The van der Waals surface area contributed by atoms with Crippen molar-refractivity contribution < 1.29 is 0 Å². The Balaban J connectivity index is 2.46. The lowest BCUT2D eigenvalue weighted by Crippen LogP contribution is -2.34. The Morgan fingerprint density at radius 1 is 0.889 bits per heavy atom. The first-order valence-electron chi connectivity index (χ1n) is 6.04. The average Bonchev–Trinajstić information content (AvgIpc) is 2.33. The molecule has 2 aromatic carbocycles. The van der Waals surface area contributed by atoms with Gasteiger partial charge >= 0.3 is 0 Å². The van der Waals surface area contributed by atoms with E-state index in [0.717, 1.165) is 16.1 Å². The van der Waals surface area contributed by atoms with E-state index in [1.54, 1.807) is 0 Å². The fourth-order valence-corrected chi connectivity index (χ4v) is 2.15. The van der Waals surface area contributed by atoms with Crippen LogP contribution in [-0.2, 0) is 5.54 Å². The summed E-state index contributed by atoms with van der Waals surface area (Å²) in [5.74, 6) is 0. The summed E-state index contributed by atoms with van der Waals surface area (Å²) in [6.45, 7) is 6.24. The van der Waals surface area contributed by atoms with E-state index in [9.17, 15) is 0 Å². The van der Waals surface area contributed by atoms with Gasteiger partial charge in [-0.2, -0.15) is 0 Å². The van der Waals surface area contributed by atoms with Gasteiger partial charge in [0.2, 0.25) is 0 Å². The van der Waals surface area contributed by atoms with Crippen molar-refractivity contribution in [1.29, 1.82) is 0 Å². The summed E-state index contributed by atoms with van der Waals surface area (Å²) in [6, 6.07) is 14.1. The topological polar surface area (TPSA) is 26.0 Å². The molecular weight excluding hydrogens is 242 g/mol. The summed E-state index contributed by atoms with van der Waals surface area (Å²) in [5, 5.41) is 0.731. The molecule has 0 aliphatic carbocycles. The van der Waals surface area contributed by atoms with Crippen molar-refractivity contribution in [1.82, 2.24) is 0 Å². The summed E-state index contributed by atoms with van der Waals surface area (Å²) >= 11 is 5.91. The van der Waals surface area contributed by atoms with Crippen LogP contribution in [0.15, 0.2) is 42.5 Å². The van der Waals surface area contributed by atoms with Gasteiger partial charge in [-0.25, -0.2) is 0 Å². The molecule has 0 heterocycles. The summed E-state index contributed by atoms with van der Waals surface area (Å²) in [5.41, 5.74) is 10.7. The molecule has 0 bridgehead atoms. The average molecular weight is 260 g/mol. The van der Waals surface area contributed by atoms with E-state index in [1.807, 2.05) is 31.2 Å². The highest BCUT2D eigenvalue weighted by Crippen LogP contribution is 2.28. The Hall–Kier alpha value is -1.31. The lowest BCUT2D eigenvalue weighted by atomic mass is 9.84. The van der Waals surface area contributed by atoms with Crippen LogP contribution >= 0.6 is 11.6 Å². The zero-order chi connectivity index (χ0) is 13.3. The van der Waals surface area contributed by atoms with Crippen molar-refractivity contribution in [2.45, 2.75) is 26.3 Å². The molecule has 1 atom stereocenters. The molecule has 1 unspecified atom stereocenters. The number of aryl methyl sites for hydroxylation is 2. The Kier molecular flexibility index (Phi) is 3.47. The molecule has 2 rings (SSSR count). The van der Waals surface area contributed by atoms with Crippen molar-refractivity contribution in [2.24, 2.45) is 5.73 Å². The largest absolute Gasteiger partial charge is 0.318 e. The first-order valence-corrected chi connectivity index (χ1v) is 6.42. The van der Waals surface area contributed by atoms with Crippen LogP contribution in [-0.4, -0.2) is 0 Å². The number of benzene rings is 2.